The van der Waals surface area contributed by atoms with Crippen LogP contribution in [0.1, 0.15) is 6.42 Å². The molecule has 0 aromatic heterocycles. The van der Waals surface area contributed by atoms with Gasteiger partial charge in [-0.2, -0.15) is 13.2 Å². The lowest BCUT2D eigenvalue weighted by molar-refractivity contribution is -0.159. The maximum Gasteiger partial charge on any atom is 0.391 e. The Morgan fingerprint density at radius 1 is 1.33 bits per heavy atom. The number of rotatable bonds is 6. The van der Waals surface area contributed by atoms with Gasteiger partial charge in [0, 0.05) is 4.90 Å². The molecule has 0 spiro atoms. The standard InChI is InChI=1S/C12H11ClF3NO3S/c13-7-3-1-2-4-9(7)21-6-10(18)17-8(11(19)20)5-12(14,15)16/h1-4,8H,5-6H2,(H,17,18)(H,19,20). The SMILES string of the molecule is O=C(CSc1ccccc1Cl)NC(CC(F)(F)F)C(=O)O. The summed E-state index contributed by atoms with van der Waals surface area (Å²) in [6, 6.07) is 4.63. The van der Waals surface area contributed by atoms with Gasteiger partial charge in [-0.15, -0.1) is 11.8 Å². The van der Waals surface area contributed by atoms with Crippen LogP contribution in [-0.4, -0.2) is 35.0 Å². The van der Waals surface area contributed by atoms with Crippen LogP contribution in [0.25, 0.3) is 0 Å². The van der Waals surface area contributed by atoms with Crippen molar-refractivity contribution < 1.29 is 27.9 Å². The summed E-state index contributed by atoms with van der Waals surface area (Å²) in [7, 11) is 0. The minimum absolute atomic E-state index is 0.231. The predicted molar refractivity (Wildman–Crippen MR) is 72.4 cm³/mol. The predicted octanol–water partition coefficient (Wildman–Crippen LogP) is 2.95. The fourth-order valence-electron chi connectivity index (χ4n) is 1.37. The number of nitrogens with one attached hydrogen (secondary N) is 1. The summed E-state index contributed by atoms with van der Waals surface area (Å²) in [6.07, 6.45) is -6.29. The summed E-state index contributed by atoms with van der Waals surface area (Å²) in [6.45, 7) is 0. The molecule has 1 atom stereocenters. The molecule has 116 valence electrons. The number of hydrogen-bond acceptors (Lipinski definition) is 3. The Hall–Kier alpha value is -1.41. The number of carboxylic acids is 1. The third kappa shape index (κ3) is 6.72. The van der Waals surface area contributed by atoms with Crippen molar-refractivity contribution in [3.63, 3.8) is 0 Å². The van der Waals surface area contributed by atoms with Gasteiger partial charge in [-0.3, -0.25) is 4.79 Å². The number of carbonyl (C=O) groups is 2. The van der Waals surface area contributed by atoms with Crippen LogP contribution >= 0.6 is 23.4 Å². The smallest absolute Gasteiger partial charge is 0.391 e. The molecule has 0 aliphatic rings. The van der Waals surface area contributed by atoms with E-state index in [-0.39, 0.29) is 5.75 Å². The lowest BCUT2D eigenvalue weighted by Crippen LogP contribution is -2.44. The molecule has 0 saturated heterocycles. The summed E-state index contributed by atoms with van der Waals surface area (Å²) >= 11 is 6.86. The van der Waals surface area contributed by atoms with Crippen molar-refractivity contribution in [1.82, 2.24) is 5.32 Å². The Morgan fingerprint density at radius 3 is 2.48 bits per heavy atom. The molecular weight excluding hydrogens is 331 g/mol. The van der Waals surface area contributed by atoms with E-state index in [1.54, 1.807) is 24.3 Å². The van der Waals surface area contributed by atoms with Gasteiger partial charge in [-0.1, -0.05) is 23.7 Å². The maximum absolute atomic E-state index is 12.2. The Balaban J connectivity index is 2.55. The van der Waals surface area contributed by atoms with Crippen molar-refractivity contribution in [3.05, 3.63) is 29.3 Å². The van der Waals surface area contributed by atoms with Crippen LogP contribution in [0.3, 0.4) is 0 Å². The largest absolute Gasteiger partial charge is 0.480 e. The fourth-order valence-corrected chi connectivity index (χ4v) is 2.42. The first-order valence-corrected chi connectivity index (χ1v) is 7.01. The molecule has 2 N–H and O–H groups in total. The summed E-state index contributed by atoms with van der Waals surface area (Å²) in [5.74, 6) is -2.77. The van der Waals surface area contributed by atoms with Gasteiger partial charge in [0.05, 0.1) is 17.2 Å². The van der Waals surface area contributed by atoms with Gasteiger partial charge >= 0.3 is 12.1 Å². The molecule has 4 nitrogen and oxygen atoms in total. The first-order chi connectivity index (χ1) is 9.69. The molecule has 9 heteroatoms. The van der Waals surface area contributed by atoms with Crippen LogP contribution in [0.4, 0.5) is 13.2 Å². The molecule has 0 aliphatic heterocycles. The zero-order valence-corrected chi connectivity index (χ0v) is 12.1. The molecule has 1 rings (SSSR count). The lowest BCUT2D eigenvalue weighted by atomic mass is 10.2. The molecule has 21 heavy (non-hydrogen) atoms. The van der Waals surface area contributed by atoms with E-state index in [1.165, 1.54) is 0 Å². The van der Waals surface area contributed by atoms with Crippen LogP contribution in [0.5, 0.6) is 0 Å². The van der Waals surface area contributed by atoms with E-state index < -0.39 is 30.5 Å². The topological polar surface area (TPSA) is 66.4 Å². The molecule has 0 fully saturated rings. The number of carboxylic acid groups (broad SMARTS) is 1. The maximum atomic E-state index is 12.2. The van der Waals surface area contributed by atoms with Crippen molar-refractivity contribution >= 4 is 35.2 Å². The highest BCUT2D eigenvalue weighted by Crippen LogP contribution is 2.26. The number of amides is 1. The molecule has 0 saturated carbocycles. The normalized spacial score (nSPS) is 12.8. The van der Waals surface area contributed by atoms with Gasteiger partial charge in [-0.05, 0) is 12.1 Å². The van der Waals surface area contributed by atoms with Crippen LogP contribution in [0, 0.1) is 0 Å². The third-order valence-corrected chi connectivity index (χ3v) is 3.78. The second kappa shape index (κ2) is 7.56. The summed E-state index contributed by atoms with van der Waals surface area (Å²) in [5.41, 5.74) is 0. The Labute approximate surface area is 127 Å². The zero-order valence-electron chi connectivity index (χ0n) is 10.5. The zero-order chi connectivity index (χ0) is 16.0. The van der Waals surface area contributed by atoms with E-state index in [1.807, 2.05) is 5.32 Å². The van der Waals surface area contributed by atoms with E-state index in [2.05, 4.69) is 0 Å². The lowest BCUT2D eigenvalue weighted by Gasteiger charge is -2.16. The van der Waals surface area contributed by atoms with Gasteiger partial charge in [0.25, 0.3) is 0 Å². The van der Waals surface area contributed by atoms with E-state index >= 15 is 0 Å². The highest BCUT2D eigenvalue weighted by molar-refractivity contribution is 8.00. The van der Waals surface area contributed by atoms with Crippen molar-refractivity contribution in [3.8, 4) is 0 Å². The number of benzene rings is 1. The van der Waals surface area contributed by atoms with Crippen molar-refractivity contribution in [2.24, 2.45) is 0 Å². The molecule has 1 unspecified atom stereocenters. The molecule has 0 bridgehead atoms. The molecular formula is C12H11ClF3NO3S. The number of hydrogen-bond donors (Lipinski definition) is 2. The third-order valence-electron chi connectivity index (χ3n) is 2.26. The first kappa shape index (κ1) is 17.6. The Morgan fingerprint density at radius 2 is 1.95 bits per heavy atom. The second-order valence-electron chi connectivity index (χ2n) is 4.00. The quantitative estimate of drug-likeness (QED) is 0.781. The fraction of sp³-hybridized carbons (Fsp3) is 0.333. The number of aliphatic carboxylic acids is 1. The molecule has 0 heterocycles. The van der Waals surface area contributed by atoms with Gasteiger partial charge in [0.1, 0.15) is 6.04 Å². The second-order valence-corrected chi connectivity index (χ2v) is 5.42. The highest BCUT2D eigenvalue weighted by atomic mass is 35.5. The van der Waals surface area contributed by atoms with Crippen LogP contribution in [0.15, 0.2) is 29.2 Å². The minimum atomic E-state index is -4.67. The number of carbonyl (C=O) groups excluding carboxylic acids is 1. The summed E-state index contributed by atoms with van der Waals surface area (Å²) in [5, 5.41) is 10.9. The molecule has 1 amide bonds. The van der Waals surface area contributed by atoms with Gasteiger partial charge in [0.2, 0.25) is 5.91 Å². The monoisotopic (exact) mass is 341 g/mol. The van der Waals surface area contributed by atoms with E-state index in [0.29, 0.717) is 9.92 Å². The Bertz CT molecular complexity index is 525. The van der Waals surface area contributed by atoms with Crippen molar-refractivity contribution in [2.45, 2.75) is 23.5 Å². The highest BCUT2D eigenvalue weighted by Gasteiger charge is 2.36. The molecule has 0 aliphatic carbocycles. The van der Waals surface area contributed by atoms with Gasteiger partial charge in [-0.25, -0.2) is 4.79 Å². The van der Waals surface area contributed by atoms with E-state index in [4.69, 9.17) is 16.7 Å². The number of thioether (sulfide) groups is 1. The summed E-state index contributed by atoms with van der Waals surface area (Å²) < 4.78 is 36.5. The van der Waals surface area contributed by atoms with Crippen LogP contribution < -0.4 is 5.32 Å². The average molecular weight is 342 g/mol. The first-order valence-electron chi connectivity index (χ1n) is 5.65. The van der Waals surface area contributed by atoms with Crippen LogP contribution in [0.2, 0.25) is 5.02 Å². The van der Waals surface area contributed by atoms with Gasteiger partial charge in [0.15, 0.2) is 0 Å². The molecule has 1 aromatic carbocycles. The van der Waals surface area contributed by atoms with E-state index in [0.717, 1.165) is 11.8 Å². The van der Waals surface area contributed by atoms with E-state index in [9.17, 15) is 22.8 Å². The minimum Gasteiger partial charge on any atom is -0.480 e. The molecule has 1 aromatic rings. The van der Waals surface area contributed by atoms with Crippen molar-refractivity contribution in [1.29, 1.82) is 0 Å². The van der Waals surface area contributed by atoms with Crippen molar-refractivity contribution in [2.75, 3.05) is 5.75 Å². The van der Waals surface area contributed by atoms with Crippen LogP contribution in [-0.2, 0) is 9.59 Å². The Kier molecular flexibility index (Phi) is 6.35. The molecule has 0 radical (unpaired) electrons. The van der Waals surface area contributed by atoms with Gasteiger partial charge < -0.3 is 10.4 Å². The number of halogens is 4. The summed E-state index contributed by atoms with van der Waals surface area (Å²) in [4.78, 5) is 22.8. The average Bonchev–Trinajstić information content (AvgIpc) is 2.35. The number of alkyl halides is 3.